The third-order valence-electron chi connectivity index (χ3n) is 6.42. The molecule has 0 aliphatic carbocycles. The van der Waals surface area contributed by atoms with Crippen molar-refractivity contribution in [3.63, 3.8) is 0 Å². The number of aromatic nitrogens is 1. The highest BCUT2D eigenvalue weighted by molar-refractivity contribution is 5.92. The summed E-state index contributed by atoms with van der Waals surface area (Å²) in [6.07, 6.45) is 1.94. The van der Waals surface area contributed by atoms with Gasteiger partial charge in [0.2, 0.25) is 5.91 Å². The number of carbonyl (C=O) groups excluding carboxylic acids is 2. The highest BCUT2D eigenvalue weighted by atomic mass is 16.5. The van der Waals surface area contributed by atoms with E-state index in [4.69, 9.17) is 9.26 Å². The maximum absolute atomic E-state index is 13.0. The zero-order valence-electron chi connectivity index (χ0n) is 17.6. The fourth-order valence-electron chi connectivity index (χ4n) is 4.76. The van der Waals surface area contributed by atoms with Crippen LogP contribution in [0.25, 0.3) is 0 Å². The van der Waals surface area contributed by atoms with E-state index in [0.717, 1.165) is 31.7 Å². The second-order valence-corrected chi connectivity index (χ2v) is 8.42. The van der Waals surface area contributed by atoms with Crippen LogP contribution < -0.4 is 4.74 Å². The Morgan fingerprint density at radius 2 is 1.87 bits per heavy atom. The number of amides is 2. The predicted molar refractivity (Wildman–Crippen MR) is 111 cm³/mol. The standard InChI is InChI=1S/C23H29N3O4/c1-16-12-22(24-30-16)23(28)26-13-19(15-29-20-6-4-3-5-7-20)21(14-26)18-8-10-25(11-9-18)17(2)27/h3-7,12,18-19,21H,8-11,13-15H2,1-2H3/t19-,21-/m0/s1. The van der Waals surface area contributed by atoms with Crippen LogP contribution in [0.4, 0.5) is 0 Å². The van der Waals surface area contributed by atoms with Gasteiger partial charge in [0.15, 0.2) is 5.69 Å². The van der Waals surface area contributed by atoms with Crippen LogP contribution in [0, 0.1) is 24.7 Å². The summed E-state index contributed by atoms with van der Waals surface area (Å²) in [4.78, 5) is 28.5. The molecule has 3 heterocycles. The van der Waals surface area contributed by atoms with Gasteiger partial charge in [0.05, 0.1) is 6.61 Å². The molecular formula is C23H29N3O4. The molecule has 2 atom stereocenters. The van der Waals surface area contributed by atoms with Crippen LogP contribution in [0.2, 0.25) is 0 Å². The van der Waals surface area contributed by atoms with Gasteiger partial charge in [-0.2, -0.15) is 0 Å². The number of hydrogen-bond acceptors (Lipinski definition) is 5. The molecule has 2 aliphatic heterocycles. The lowest BCUT2D eigenvalue weighted by Gasteiger charge is -2.36. The molecule has 0 saturated carbocycles. The third-order valence-corrected chi connectivity index (χ3v) is 6.42. The maximum Gasteiger partial charge on any atom is 0.276 e. The van der Waals surface area contributed by atoms with E-state index in [1.165, 1.54) is 0 Å². The van der Waals surface area contributed by atoms with Crippen LogP contribution in [0.3, 0.4) is 0 Å². The van der Waals surface area contributed by atoms with Crippen molar-refractivity contribution in [2.75, 3.05) is 32.8 Å². The molecule has 0 radical (unpaired) electrons. The zero-order chi connectivity index (χ0) is 21.1. The first-order chi connectivity index (χ1) is 14.5. The van der Waals surface area contributed by atoms with Gasteiger partial charge in [-0.1, -0.05) is 23.4 Å². The monoisotopic (exact) mass is 411 g/mol. The summed E-state index contributed by atoms with van der Waals surface area (Å²) in [7, 11) is 0. The Kier molecular flexibility index (Phi) is 6.06. The number of carbonyl (C=O) groups is 2. The Bertz CT molecular complexity index is 874. The molecule has 1 aromatic carbocycles. The summed E-state index contributed by atoms with van der Waals surface area (Å²) < 4.78 is 11.2. The SMILES string of the molecule is CC(=O)N1CCC([C@@H]2CN(C(=O)c3cc(C)on3)C[C@H]2COc2ccccc2)CC1. The predicted octanol–water partition coefficient (Wildman–Crippen LogP) is 3.01. The number of piperidine rings is 1. The maximum atomic E-state index is 13.0. The quantitative estimate of drug-likeness (QED) is 0.756. The third kappa shape index (κ3) is 4.50. The first-order valence-electron chi connectivity index (χ1n) is 10.7. The second-order valence-electron chi connectivity index (χ2n) is 8.42. The summed E-state index contributed by atoms with van der Waals surface area (Å²) in [5, 5.41) is 3.90. The van der Waals surface area contributed by atoms with Crippen molar-refractivity contribution >= 4 is 11.8 Å². The van der Waals surface area contributed by atoms with E-state index in [2.05, 4.69) is 5.16 Å². The van der Waals surface area contributed by atoms with Gasteiger partial charge in [0.1, 0.15) is 11.5 Å². The molecule has 2 fully saturated rings. The molecule has 2 aliphatic rings. The van der Waals surface area contributed by atoms with Gasteiger partial charge in [0, 0.05) is 45.1 Å². The molecule has 0 N–H and O–H groups in total. The van der Waals surface area contributed by atoms with E-state index in [1.807, 2.05) is 40.1 Å². The van der Waals surface area contributed by atoms with Gasteiger partial charge in [-0.3, -0.25) is 9.59 Å². The molecule has 1 aromatic heterocycles. The average Bonchev–Trinajstić information content (AvgIpc) is 3.39. The van der Waals surface area contributed by atoms with Crippen LogP contribution in [0.5, 0.6) is 5.75 Å². The molecule has 7 heteroatoms. The Balaban J connectivity index is 1.46. The molecule has 2 amide bonds. The number of rotatable bonds is 5. The molecule has 2 aromatic rings. The number of benzene rings is 1. The number of aryl methyl sites for hydroxylation is 1. The Morgan fingerprint density at radius 1 is 1.13 bits per heavy atom. The van der Waals surface area contributed by atoms with Crippen molar-refractivity contribution in [2.24, 2.45) is 17.8 Å². The Morgan fingerprint density at radius 3 is 2.50 bits per heavy atom. The molecule has 7 nitrogen and oxygen atoms in total. The van der Waals surface area contributed by atoms with Gasteiger partial charge < -0.3 is 19.1 Å². The fraction of sp³-hybridized carbons (Fsp3) is 0.522. The first kappa shape index (κ1) is 20.4. The molecule has 0 spiro atoms. The van der Waals surface area contributed by atoms with E-state index >= 15 is 0 Å². The van der Waals surface area contributed by atoms with Crippen molar-refractivity contribution in [3.05, 3.63) is 47.9 Å². The Hall–Kier alpha value is -2.83. The van der Waals surface area contributed by atoms with Crippen LogP contribution in [-0.4, -0.2) is 59.6 Å². The van der Waals surface area contributed by atoms with E-state index in [-0.39, 0.29) is 17.7 Å². The molecule has 160 valence electrons. The second kappa shape index (κ2) is 8.90. The van der Waals surface area contributed by atoms with E-state index in [1.54, 1.807) is 19.9 Å². The largest absolute Gasteiger partial charge is 0.493 e. The highest BCUT2D eigenvalue weighted by Crippen LogP contribution is 2.36. The highest BCUT2D eigenvalue weighted by Gasteiger charge is 2.41. The van der Waals surface area contributed by atoms with E-state index in [9.17, 15) is 9.59 Å². The average molecular weight is 412 g/mol. The lowest BCUT2D eigenvalue weighted by Crippen LogP contribution is -2.40. The minimum atomic E-state index is -0.0831. The van der Waals surface area contributed by atoms with Crippen molar-refractivity contribution in [1.82, 2.24) is 15.0 Å². The smallest absolute Gasteiger partial charge is 0.276 e. The lowest BCUT2D eigenvalue weighted by atomic mass is 9.78. The number of nitrogens with zero attached hydrogens (tertiary/aromatic N) is 3. The summed E-state index contributed by atoms with van der Waals surface area (Å²) in [5.41, 5.74) is 0.363. The van der Waals surface area contributed by atoms with Gasteiger partial charge in [-0.15, -0.1) is 0 Å². The number of hydrogen-bond donors (Lipinski definition) is 0. The van der Waals surface area contributed by atoms with Crippen molar-refractivity contribution in [1.29, 1.82) is 0 Å². The molecule has 2 saturated heterocycles. The van der Waals surface area contributed by atoms with Crippen LogP contribution in [0.15, 0.2) is 40.9 Å². The zero-order valence-corrected chi connectivity index (χ0v) is 17.6. The van der Waals surface area contributed by atoms with Crippen LogP contribution >= 0.6 is 0 Å². The summed E-state index contributed by atoms with van der Waals surface area (Å²) in [6, 6.07) is 11.5. The number of ether oxygens (including phenoxy) is 1. The summed E-state index contributed by atoms with van der Waals surface area (Å²) in [5.74, 6) is 2.61. The summed E-state index contributed by atoms with van der Waals surface area (Å²) >= 11 is 0. The van der Waals surface area contributed by atoms with Crippen LogP contribution in [0.1, 0.15) is 36.0 Å². The van der Waals surface area contributed by atoms with Gasteiger partial charge >= 0.3 is 0 Å². The lowest BCUT2D eigenvalue weighted by molar-refractivity contribution is -0.130. The van der Waals surface area contributed by atoms with Crippen molar-refractivity contribution in [3.8, 4) is 5.75 Å². The number of para-hydroxylation sites is 1. The Labute approximate surface area is 177 Å². The molecule has 4 rings (SSSR count). The molecular weight excluding hydrogens is 382 g/mol. The summed E-state index contributed by atoms with van der Waals surface area (Å²) in [6.45, 7) is 6.91. The topological polar surface area (TPSA) is 75.9 Å². The van der Waals surface area contributed by atoms with Crippen molar-refractivity contribution in [2.45, 2.75) is 26.7 Å². The normalized spacial score (nSPS) is 22.3. The van der Waals surface area contributed by atoms with E-state index in [0.29, 0.717) is 43.0 Å². The molecule has 30 heavy (non-hydrogen) atoms. The molecule has 0 bridgehead atoms. The first-order valence-corrected chi connectivity index (χ1v) is 10.7. The van der Waals surface area contributed by atoms with E-state index < -0.39 is 0 Å². The minimum Gasteiger partial charge on any atom is -0.493 e. The van der Waals surface area contributed by atoms with Crippen LogP contribution in [-0.2, 0) is 4.79 Å². The minimum absolute atomic E-state index is 0.0831. The number of likely N-dealkylation sites (tertiary alicyclic amines) is 2. The van der Waals surface area contributed by atoms with Gasteiger partial charge in [0.25, 0.3) is 5.91 Å². The van der Waals surface area contributed by atoms with Crippen molar-refractivity contribution < 1.29 is 18.8 Å². The fourth-order valence-corrected chi connectivity index (χ4v) is 4.76. The molecule has 0 unspecified atom stereocenters. The van der Waals surface area contributed by atoms with Gasteiger partial charge in [-0.25, -0.2) is 0 Å². The van der Waals surface area contributed by atoms with Gasteiger partial charge in [-0.05, 0) is 43.7 Å².